The van der Waals surface area contributed by atoms with E-state index in [0.29, 0.717) is 12.6 Å². The normalized spacial score (nSPS) is 19.3. The number of halogens is 1. The number of rotatable bonds is 6. The molecule has 156 valence electrons. The van der Waals surface area contributed by atoms with Crippen LogP contribution in [0.1, 0.15) is 37.1 Å². The number of piperazine rings is 1. The summed E-state index contributed by atoms with van der Waals surface area (Å²) in [6, 6.07) is 6.87. The number of carbonyl (C=O) groups is 1. The first-order valence-corrected chi connectivity index (χ1v) is 11.5. The van der Waals surface area contributed by atoms with Crippen molar-refractivity contribution < 1.29 is 9.18 Å². The smallest absolute Gasteiger partial charge is 0.234 e. The molecule has 2 heterocycles. The van der Waals surface area contributed by atoms with Crippen molar-refractivity contribution in [1.29, 1.82) is 0 Å². The summed E-state index contributed by atoms with van der Waals surface area (Å²) < 4.78 is 13.1. The van der Waals surface area contributed by atoms with E-state index in [4.69, 9.17) is 4.98 Å². The molecule has 0 spiro atoms. The van der Waals surface area contributed by atoms with Crippen LogP contribution < -0.4 is 5.32 Å². The standard InChI is InChI=1S/C22H29FN4OS/c23-18-8-6-17(7-9-18)20-16-29-22(25-20)15-27-12-10-26(11-13-27)14-21(28)24-19-4-2-1-3-5-19/h6-9,16,19H,1-5,10-15H2,(H,24,28). The number of nitrogens with zero attached hydrogens (tertiary/aromatic N) is 3. The van der Waals surface area contributed by atoms with Crippen LogP contribution in [-0.2, 0) is 11.3 Å². The van der Waals surface area contributed by atoms with E-state index in [9.17, 15) is 9.18 Å². The van der Waals surface area contributed by atoms with Crippen LogP contribution in [0, 0.1) is 5.82 Å². The Morgan fingerprint density at radius 3 is 2.48 bits per heavy atom. The number of amides is 1. The van der Waals surface area contributed by atoms with Crippen LogP contribution in [0.15, 0.2) is 29.6 Å². The van der Waals surface area contributed by atoms with Crippen molar-refractivity contribution in [1.82, 2.24) is 20.1 Å². The van der Waals surface area contributed by atoms with Crippen molar-refractivity contribution in [3.05, 3.63) is 40.5 Å². The molecule has 4 rings (SSSR count). The molecule has 0 radical (unpaired) electrons. The molecule has 5 nitrogen and oxygen atoms in total. The molecule has 1 aliphatic carbocycles. The molecule has 1 saturated heterocycles. The van der Waals surface area contributed by atoms with Crippen molar-refractivity contribution >= 4 is 17.2 Å². The maximum absolute atomic E-state index is 13.1. The Hall–Kier alpha value is -1.83. The van der Waals surface area contributed by atoms with Gasteiger partial charge < -0.3 is 5.32 Å². The fraction of sp³-hybridized carbons (Fsp3) is 0.545. The van der Waals surface area contributed by atoms with Gasteiger partial charge in [-0.25, -0.2) is 9.37 Å². The van der Waals surface area contributed by atoms with E-state index in [1.165, 1.54) is 31.4 Å². The Kier molecular flexibility index (Phi) is 6.90. The lowest BCUT2D eigenvalue weighted by Gasteiger charge is -2.34. The van der Waals surface area contributed by atoms with Gasteiger partial charge >= 0.3 is 0 Å². The first-order valence-electron chi connectivity index (χ1n) is 10.6. The minimum atomic E-state index is -0.227. The number of thiazole rings is 1. The summed E-state index contributed by atoms with van der Waals surface area (Å²) >= 11 is 1.65. The van der Waals surface area contributed by atoms with Gasteiger partial charge in [0.05, 0.1) is 18.8 Å². The zero-order chi connectivity index (χ0) is 20.1. The topological polar surface area (TPSA) is 48.5 Å². The minimum Gasteiger partial charge on any atom is -0.352 e. The number of nitrogens with one attached hydrogen (secondary N) is 1. The molecule has 2 aliphatic rings. The molecule has 2 fully saturated rings. The highest BCUT2D eigenvalue weighted by molar-refractivity contribution is 7.09. The Balaban J connectivity index is 1.21. The van der Waals surface area contributed by atoms with E-state index in [1.54, 1.807) is 23.5 Å². The lowest BCUT2D eigenvalue weighted by molar-refractivity contribution is -0.123. The zero-order valence-electron chi connectivity index (χ0n) is 16.8. The van der Waals surface area contributed by atoms with Gasteiger partial charge in [-0.2, -0.15) is 0 Å². The summed E-state index contributed by atoms with van der Waals surface area (Å²) in [4.78, 5) is 21.7. The van der Waals surface area contributed by atoms with Gasteiger partial charge in [0.25, 0.3) is 0 Å². The van der Waals surface area contributed by atoms with Crippen molar-refractivity contribution in [2.24, 2.45) is 0 Å². The van der Waals surface area contributed by atoms with Crippen LogP contribution in [0.3, 0.4) is 0 Å². The highest BCUT2D eigenvalue weighted by atomic mass is 32.1. The third kappa shape index (κ3) is 5.84. The third-order valence-corrected chi connectivity index (χ3v) is 6.69. The Labute approximate surface area is 175 Å². The third-order valence-electron chi connectivity index (χ3n) is 5.85. The highest BCUT2D eigenvalue weighted by Gasteiger charge is 2.22. The van der Waals surface area contributed by atoms with Gasteiger partial charge in [-0.15, -0.1) is 11.3 Å². The van der Waals surface area contributed by atoms with Crippen molar-refractivity contribution in [2.45, 2.75) is 44.7 Å². The second-order valence-electron chi connectivity index (χ2n) is 8.09. The average molecular weight is 417 g/mol. The van der Waals surface area contributed by atoms with Gasteiger partial charge in [0.15, 0.2) is 0 Å². The van der Waals surface area contributed by atoms with Crippen LogP contribution in [0.25, 0.3) is 11.3 Å². The number of benzene rings is 1. The summed E-state index contributed by atoms with van der Waals surface area (Å²) in [7, 11) is 0. The summed E-state index contributed by atoms with van der Waals surface area (Å²) in [6.07, 6.45) is 6.05. The number of carbonyl (C=O) groups excluding carboxylic acids is 1. The first kappa shape index (κ1) is 20.4. The summed E-state index contributed by atoms with van der Waals surface area (Å²) in [5.41, 5.74) is 1.85. The van der Waals surface area contributed by atoms with Crippen LogP contribution in [-0.4, -0.2) is 59.5 Å². The molecular weight excluding hydrogens is 387 g/mol. The highest BCUT2D eigenvalue weighted by Crippen LogP contribution is 2.23. The lowest BCUT2D eigenvalue weighted by Crippen LogP contribution is -2.50. The van der Waals surface area contributed by atoms with Gasteiger partial charge in [-0.05, 0) is 37.1 Å². The number of aromatic nitrogens is 1. The van der Waals surface area contributed by atoms with Crippen LogP contribution in [0.4, 0.5) is 4.39 Å². The van der Waals surface area contributed by atoms with Gasteiger partial charge in [0.1, 0.15) is 10.8 Å². The molecule has 0 unspecified atom stereocenters. The summed E-state index contributed by atoms with van der Waals surface area (Å²) in [5, 5.41) is 6.33. The summed E-state index contributed by atoms with van der Waals surface area (Å²) in [6.45, 7) is 5.05. The number of hydrogen-bond donors (Lipinski definition) is 1. The molecule has 2 aromatic rings. The Bertz CT molecular complexity index is 795. The Morgan fingerprint density at radius 2 is 1.76 bits per heavy atom. The van der Waals surface area contributed by atoms with E-state index >= 15 is 0 Å². The monoisotopic (exact) mass is 416 g/mol. The minimum absolute atomic E-state index is 0.175. The van der Waals surface area contributed by atoms with E-state index < -0.39 is 0 Å². The molecular formula is C22H29FN4OS. The molecule has 1 N–H and O–H groups in total. The summed E-state index contributed by atoms with van der Waals surface area (Å²) in [5.74, 6) is -0.0521. The van der Waals surface area contributed by atoms with Gasteiger partial charge in [-0.3, -0.25) is 14.6 Å². The second-order valence-corrected chi connectivity index (χ2v) is 9.03. The van der Waals surface area contributed by atoms with Crippen molar-refractivity contribution in [3.63, 3.8) is 0 Å². The maximum atomic E-state index is 13.1. The fourth-order valence-electron chi connectivity index (χ4n) is 4.16. The van der Waals surface area contributed by atoms with Crippen LogP contribution in [0.2, 0.25) is 0 Å². The fourth-order valence-corrected chi connectivity index (χ4v) is 5.00. The quantitative estimate of drug-likeness (QED) is 0.783. The van der Waals surface area contributed by atoms with E-state index in [2.05, 4.69) is 15.1 Å². The van der Waals surface area contributed by atoms with Gasteiger partial charge in [0.2, 0.25) is 5.91 Å². The molecule has 0 bridgehead atoms. The molecule has 1 amide bonds. The zero-order valence-corrected chi connectivity index (χ0v) is 17.6. The van der Waals surface area contributed by atoms with Crippen LogP contribution >= 0.6 is 11.3 Å². The lowest BCUT2D eigenvalue weighted by atomic mass is 9.95. The van der Waals surface area contributed by atoms with Crippen molar-refractivity contribution in [2.75, 3.05) is 32.7 Å². The molecule has 1 saturated carbocycles. The largest absolute Gasteiger partial charge is 0.352 e. The van der Waals surface area contributed by atoms with E-state index in [1.807, 2.05) is 5.38 Å². The molecule has 7 heteroatoms. The average Bonchev–Trinajstić information content (AvgIpc) is 3.19. The van der Waals surface area contributed by atoms with Crippen LogP contribution in [0.5, 0.6) is 0 Å². The molecule has 1 aromatic heterocycles. The SMILES string of the molecule is O=C(CN1CCN(Cc2nc(-c3ccc(F)cc3)cs2)CC1)NC1CCCCC1. The van der Waals surface area contributed by atoms with E-state index in [0.717, 1.165) is 61.8 Å². The van der Waals surface area contributed by atoms with Gasteiger partial charge in [-0.1, -0.05) is 19.3 Å². The van der Waals surface area contributed by atoms with E-state index in [-0.39, 0.29) is 11.7 Å². The second kappa shape index (κ2) is 9.78. The predicted octanol–water partition coefficient (Wildman–Crippen LogP) is 3.52. The first-order chi connectivity index (χ1) is 14.2. The van der Waals surface area contributed by atoms with Gasteiger partial charge in [0, 0.05) is 43.2 Å². The molecule has 0 atom stereocenters. The Morgan fingerprint density at radius 1 is 1.07 bits per heavy atom. The molecule has 1 aromatic carbocycles. The number of hydrogen-bond acceptors (Lipinski definition) is 5. The maximum Gasteiger partial charge on any atom is 0.234 e. The predicted molar refractivity (Wildman–Crippen MR) is 114 cm³/mol. The molecule has 1 aliphatic heterocycles. The van der Waals surface area contributed by atoms with Crippen molar-refractivity contribution in [3.8, 4) is 11.3 Å². The molecule has 29 heavy (non-hydrogen) atoms.